The molecule has 0 spiro atoms. The van der Waals surface area contributed by atoms with Gasteiger partial charge in [-0.1, -0.05) is 65.2 Å². The molecule has 0 bridgehead atoms. The van der Waals surface area contributed by atoms with Crippen molar-refractivity contribution in [2.24, 2.45) is 0 Å². The largest absolute Gasteiger partial charge is 0.481 e. The molecule has 0 aromatic rings. The van der Waals surface area contributed by atoms with E-state index in [1.165, 1.54) is 38.5 Å². The zero-order valence-electron chi connectivity index (χ0n) is 18.0. The van der Waals surface area contributed by atoms with Crippen LogP contribution in [0.1, 0.15) is 105 Å². The van der Waals surface area contributed by atoms with Gasteiger partial charge in [-0.3, -0.25) is 9.59 Å². The SMILES string of the molecule is CCCCCCCC(=O)O.CCCCCCCC(=O)O.CCO.CCO.[Zr]. The minimum atomic E-state index is -0.670. The van der Waals surface area contributed by atoms with Crippen LogP contribution >= 0.6 is 0 Å². The smallest absolute Gasteiger partial charge is 0.303 e. The topological polar surface area (TPSA) is 115 Å². The first-order valence-electron chi connectivity index (χ1n) is 10.0. The third-order valence-corrected chi connectivity index (χ3v) is 2.99. The second-order valence-electron chi connectivity index (χ2n) is 5.75. The van der Waals surface area contributed by atoms with Gasteiger partial charge in [-0.25, -0.2) is 0 Å². The Labute approximate surface area is 185 Å². The number of carboxylic acid groups (broad SMARTS) is 2. The van der Waals surface area contributed by atoms with E-state index in [9.17, 15) is 9.59 Å². The van der Waals surface area contributed by atoms with E-state index in [0.29, 0.717) is 12.8 Å². The van der Waals surface area contributed by atoms with Crippen molar-refractivity contribution in [3.05, 3.63) is 0 Å². The summed E-state index contributed by atoms with van der Waals surface area (Å²) in [6.07, 6.45) is 11.8. The number of carboxylic acids is 2. The van der Waals surface area contributed by atoms with Gasteiger partial charge in [-0.15, -0.1) is 0 Å². The van der Waals surface area contributed by atoms with E-state index < -0.39 is 11.9 Å². The summed E-state index contributed by atoms with van der Waals surface area (Å²) in [4.78, 5) is 20.1. The standard InChI is InChI=1S/2C8H16O2.2C2H6O.Zr/c2*1-2-3-4-5-6-7-8(9)10;2*1-2-3;/h2*2-7H2,1H3,(H,9,10);2*3H,2H2,1H3;. The summed E-state index contributed by atoms with van der Waals surface area (Å²) < 4.78 is 0. The first kappa shape index (κ1) is 37.5. The number of carbonyl (C=O) groups is 2. The van der Waals surface area contributed by atoms with Crippen LogP contribution in [0.15, 0.2) is 0 Å². The van der Waals surface area contributed by atoms with Crippen molar-refractivity contribution in [3.8, 4) is 0 Å². The molecule has 0 aromatic heterocycles. The first-order chi connectivity index (χ1) is 12.4. The van der Waals surface area contributed by atoms with Gasteiger partial charge in [-0.2, -0.15) is 0 Å². The van der Waals surface area contributed by atoms with Gasteiger partial charge in [-0.05, 0) is 26.7 Å². The molecule has 6 nitrogen and oxygen atoms in total. The maximum atomic E-state index is 10.0. The molecule has 0 aliphatic rings. The van der Waals surface area contributed by atoms with Crippen LogP contribution in [-0.4, -0.2) is 45.6 Å². The summed E-state index contributed by atoms with van der Waals surface area (Å²) in [5.41, 5.74) is 0. The van der Waals surface area contributed by atoms with E-state index in [1.54, 1.807) is 13.8 Å². The molecule has 0 aliphatic heterocycles. The molecule has 0 unspecified atom stereocenters. The van der Waals surface area contributed by atoms with Crippen LogP contribution < -0.4 is 0 Å². The number of hydrogen-bond acceptors (Lipinski definition) is 4. The normalized spacial score (nSPS) is 8.52. The molecule has 0 radical (unpaired) electrons. The van der Waals surface area contributed by atoms with E-state index >= 15 is 0 Å². The van der Waals surface area contributed by atoms with Crippen LogP contribution in [0.2, 0.25) is 0 Å². The molecule has 27 heavy (non-hydrogen) atoms. The van der Waals surface area contributed by atoms with Gasteiger partial charge in [0.2, 0.25) is 0 Å². The quantitative estimate of drug-likeness (QED) is 0.302. The monoisotopic (exact) mass is 470 g/mol. The number of rotatable bonds is 12. The summed E-state index contributed by atoms with van der Waals surface area (Å²) in [6.45, 7) is 8.16. The molecular formula is C20H44O6Zr. The molecule has 4 N–H and O–H groups in total. The molecule has 164 valence electrons. The fourth-order valence-corrected chi connectivity index (χ4v) is 1.76. The van der Waals surface area contributed by atoms with Crippen molar-refractivity contribution >= 4 is 11.9 Å². The number of aliphatic hydroxyl groups is 2. The van der Waals surface area contributed by atoms with Crippen molar-refractivity contribution < 1.29 is 56.2 Å². The van der Waals surface area contributed by atoms with Crippen molar-refractivity contribution in [2.75, 3.05) is 13.2 Å². The van der Waals surface area contributed by atoms with Crippen molar-refractivity contribution in [1.29, 1.82) is 0 Å². The Morgan fingerprint density at radius 2 is 0.778 bits per heavy atom. The summed E-state index contributed by atoms with van der Waals surface area (Å²) in [5, 5.41) is 31.7. The molecular weight excluding hydrogens is 427 g/mol. The Bertz CT molecular complexity index is 237. The molecule has 0 aromatic carbocycles. The molecule has 0 saturated carbocycles. The minimum absolute atomic E-state index is 0. The first-order valence-corrected chi connectivity index (χ1v) is 10.0. The Kier molecular flexibility index (Phi) is 56.1. The average molecular weight is 472 g/mol. The van der Waals surface area contributed by atoms with Crippen LogP contribution in [-0.2, 0) is 35.8 Å². The van der Waals surface area contributed by atoms with Crippen LogP contribution in [0.3, 0.4) is 0 Å². The van der Waals surface area contributed by atoms with E-state index in [-0.39, 0.29) is 39.4 Å². The molecule has 0 amide bonds. The maximum absolute atomic E-state index is 10.0. The zero-order valence-corrected chi connectivity index (χ0v) is 20.5. The van der Waals surface area contributed by atoms with Gasteiger partial charge in [0.05, 0.1) is 0 Å². The van der Waals surface area contributed by atoms with Gasteiger partial charge in [0.1, 0.15) is 0 Å². The Hall–Kier alpha value is -0.257. The summed E-state index contributed by atoms with van der Waals surface area (Å²) >= 11 is 0. The van der Waals surface area contributed by atoms with Crippen molar-refractivity contribution in [1.82, 2.24) is 0 Å². The second kappa shape index (κ2) is 40.4. The molecule has 0 heterocycles. The second-order valence-corrected chi connectivity index (χ2v) is 5.75. The van der Waals surface area contributed by atoms with Gasteiger partial charge >= 0.3 is 11.9 Å². The van der Waals surface area contributed by atoms with E-state index in [2.05, 4.69) is 13.8 Å². The molecule has 0 saturated heterocycles. The number of aliphatic carboxylic acids is 2. The molecule has 0 aliphatic carbocycles. The summed E-state index contributed by atoms with van der Waals surface area (Å²) in [6, 6.07) is 0. The average Bonchev–Trinajstić information content (AvgIpc) is 2.56. The van der Waals surface area contributed by atoms with E-state index in [1.807, 2.05) is 0 Å². The van der Waals surface area contributed by atoms with Gasteiger partial charge < -0.3 is 20.4 Å². The zero-order chi connectivity index (χ0) is 21.1. The van der Waals surface area contributed by atoms with Crippen molar-refractivity contribution in [3.63, 3.8) is 0 Å². The summed E-state index contributed by atoms with van der Waals surface area (Å²) in [5.74, 6) is -1.34. The minimum Gasteiger partial charge on any atom is -0.481 e. The van der Waals surface area contributed by atoms with Gasteiger partial charge in [0, 0.05) is 52.3 Å². The maximum Gasteiger partial charge on any atom is 0.303 e. The number of aliphatic hydroxyl groups excluding tert-OH is 2. The third-order valence-electron chi connectivity index (χ3n) is 2.99. The Morgan fingerprint density at radius 1 is 0.556 bits per heavy atom. The van der Waals surface area contributed by atoms with Crippen LogP contribution in [0.25, 0.3) is 0 Å². The van der Waals surface area contributed by atoms with Crippen LogP contribution in [0.4, 0.5) is 0 Å². The third kappa shape index (κ3) is 76.8. The molecule has 0 atom stereocenters. The predicted octanol–water partition coefficient (Wildman–Crippen LogP) is 4.86. The van der Waals surface area contributed by atoms with Gasteiger partial charge in [0.25, 0.3) is 0 Å². The van der Waals surface area contributed by atoms with Crippen LogP contribution in [0, 0.1) is 0 Å². The predicted molar refractivity (Wildman–Crippen MR) is 108 cm³/mol. The fourth-order valence-electron chi connectivity index (χ4n) is 1.76. The van der Waals surface area contributed by atoms with E-state index in [4.69, 9.17) is 20.4 Å². The molecule has 0 fully saturated rings. The summed E-state index contributed by atoms with van der Waals surface area (Å²) in [7, 11) is 0. The Morgan fingerprint density at radius 3 is 0.963 bits per heavy atom. The van der Waals surface area contributed by atoms with Crippen LogP contribution in [0.5, 0.6) is 0 Å². The van der Waals surface area contributed by atoms with E-state index in [0.717, 1.165) is 25.7 Å². The molecule has 0 rings (SSSR count). The Balaban J connectivity index is -0.0000000899. The fraction of sp³-hybridized carbons (Fsp3) is 0.900. The number of hydrogen-bond donors (Lipinski definition) is 4. The molecule has 7 heteroatoms. The van der Waals surface area contributed by atoms with Gasteiger partial charge in [0.15, 0.2) is 0 Å². The number of unbranched alkanes of at least 4 members (excludes halogenated alkanes) is 8. The van der Waals surface area contributed by atoms with Crippen molar-refractivity contribution in [2.45, 2.75) is 105 Å².